The van der Waals surface area contributed by atoms with Gasteiger partial charge in [0.25, 0.3) is 0 Å². The van der Waals surface area contributed by atoms with Gasteiger partial charge in [-0.05, 0) is 30.5 Å². The van der Waals surface area contributed by atoms with Crippen molar-refractivity contribution in [2.24, 2.45) is 0 Å². The van der Waals surface area contributed by atoms with Crippen LogP contribution in [0.15, 0.2) is 18.2 Å². The number of rotatable bonds is 5. The minimum atomic E-state index is -0.970. The summed E-state index contributed by atoms with van der Waals surface area (Å²) in [6, 6.07) is 2.35. The molecule has 1 saturated heterocycles. The normalized spacial score (nSPS) is 19.3. The number of ether oxygens (including phenoxy) is 1. The number of carbonyl (C=O) groups is 1. The number of nitrogens with one attached hydrogen (secondary N) is 1. The molecule has 0 spiro atoms. The third kappa shape index (κ3) is 3.72. The van der Waals surface area contributed by atoms with Crippen molar-refractivity contribution in [1.82, 2.24) is 10.2 Å². The fraction of sp³-hybridized carbons (Fsp3) is 0.533. The van der Waals surface area contributed by atoms with Gasteiger partial charge in [-0.15, -0.1) is 0 Å². The van der Waals surface area contributed by atoms with E-state index < -0.39 is 17.7 Å². The molecule has 0 aromatic heterocycles. The van der Waals surface area contributed by atoms with Gasteiger partial charge in [-0.1, -0.05) is 6.07 Å². The Morgan fingerprint density at radius 1 is 1.50 bits per heavy atom. The third-order valence-electron chi connectivity index (χ3n) is 3.83. The van der Waals surface area contributed by atoms with E-state index in [1.165, 1.54) is 13.2 Å². The number of amides is 2. The van der Waals surface area contributed by atoms with Gasteiger partial charge in [0, 0.05) is 13.7 Å². The van der Waals surface area contributed by atoms with Crippen molar-refractivity contribution < 1.29 is 23.4 Å². The number of aliphatic hydroxyl groups excluding tert-OH is 1. The van der Waals surface area contributed by atoms with Crippen molar-refractivity contribution in [2.75, 3.05) is 26.9 Å². The number of carbonyl (C=O) groups excluding carboxylic acids is 1. The highest BCUT2D eigenvalue weighted by molar-refractivity contribution is 5.75. The molecule has 0 bridgehead atoms. The Labute approximate surface area is 127 Å². The standard InChI is InChI=1S/C15H20F2N2O3/c1-22-9-14(10-4-5-12(16)13(17)7-10)18-15(21)19-6-2-3-11(19)8-20/h4-5,7,11,14,20H,2-3,6,8-9H2,1H3,(H,18,21)/t11-,14?/m0/s1. The van der Waals surface area contributed by atoms with Crippen molar-refractivity contribution in [3.05, 3.63) is 35.4 Å². The summed E-state index contributed by atoms with van der Waals surface area (Å²) >= 11 is 0. The van der Waals surface area contributed by atoms with Crippen LogP contribution in [-0.4, -0.2) is 48.9 Å². The lowest BCUT2D eigenvalue weighted by Crippen LogP contribution is -2.46. The molecule has 1 unspecified atom stereocenters. The number of benzene rings is 1. The zero-order valence-corrected chi connectivity index (χ0v) is 12.4. The molecule has 0 radical (unpaired) electrons. The van der Waals surface area contributed by atoms with E-state index in [0.717, 1.165) is 25.0 Å². The van der Waals surface area contributed by atoms with E-state index in [4.69, 9.17) is 4.74 Å². The minimum Gasteiger partial charge on any atom is -0.394 e. The van der Waals surface area contributed by atoms with Crippen LogP contribution in [0, 0.1) is 11.6 Å². The summed E-state index contributed by atoms with van der Waals surface area (Å²) in [5.41, 5.74) is 0.425. The first-order valence-corrected chi connectivity index (χ1v) is 7.18. The Hall–Kier alpha value is -1.73. The van der Waals surface area contributed by atoms with E-state index in [-0.39, 0.29) is 25.3 Å². The summed E-state index contributed by atoms with van der Waals surface area (Å²) in [5.74, 6) is -1.91. The molecule has 1 aliphatic heterocycles. The first-order valence-electron chi connectivity index (χ1n) is 7.18. The number of likely N-dealkylation sites (tertiary alicyclic amines) is 1. The van der Waals surface area contributed by atoms with Gasteiger partial charge >= 0.3 is 6.03 Å². The van der Waals surface area contributed by atoms with Gasteiger partial charge in [-0.3, -0.25) is 0 Å². The molecular weight excluding hydrogens is 294 g/mol. The summed E-state index contributed by atoms with van der Waals surface area (Å²) < 4.78 is 31.4. The maximum absolute atomic E-state index is 13.4. The minimum absolute atomic E-state index is 0.0897. The van der Waals surface area contributed by atoms with Gasteiger partial charge in [0.15, 0.2) is 11.6 Å². The summed E-state index contributed by atoms with van der Waals surface area (Å²) in [4.78, 5) is 13.9. The SMILES string of the molecule is COCC(NC(=O)N1CCC[C@H]1CO)c1ccc(F)c(F)c1. The molecule has 1 aromatic carbocycles. The van der Waals surface area contributed by atoms with Crippen LogP contribution in [0.1, 0.15) is 24.4 Å². The average molecular weight is 314 g/mol. The molecular formula is C15H20F2N2O3. The van der Waals surface area contributed by atoms with Crippen molar-refractivity contribution in [1.29, 1.82) is 0 Å². The van der Waals surface area contributed by atoms with Crippen LogP contribution in [0.25, 0.3) is 0 Å². The second-order valence-electron chi connectivity index (χ2n) is 5.30. The quantitative estimate of drug-likeness (QED) is 0.871. The van der Waals surface area contributed by atoms with Crippen LogP contribution in [-0.2, 0) is 4.74 Å². The zero-order chi connectivity index (χ0) is 16.1. The monoisotopic (exact) mass is 314 g/mol. The third-order valence-corrected chi connectivity index (χ3v) is 3.83. The molecule has 0 aliphatic carbocycles. The molecule has 2 N–H and O–H groups in total. The van der Waals surface area contributed by atoms with E-state index in [0.29, 0.717) is 12.1 Å². The highest BCUT2D eigenvalue weighted by atomic mass is 19.2. The summed E-state index contributed by atoms with van der Waals surface area (Å²) in [7, 11) is 1.46. The van der Waals surface area contributed by atoms with Gasteiger partial charge < -0.3 is 20.1 Å². The van der Waals surface area contributed by atoms with Crippen LogP contribution < -0.4 is 5.32 Å². The van der Waals surface area contributed by atoms with Gasteiger partial charge in [-0.25, -0.2) is 13.6 Å². The van der Waals surface area contributed by atoms with Crippen LogP contribution in [0.4, 0.5) is 13.6 Å². The molecule has 1 aromatic rings. The molecule has 7 heteroatoms. The predicted molar refractivity (Wildman–Crippen MR) is 76.3 cm³/mol. The maximum atomic E-state index is 13.4. The van der Waals surface area contributed by atoms with Crippen molar-refractivity contribution in [3.8, 4) is 0 Å². The van der Waals surface area contributed by atoms with Crippen LogP contribution in [0.3, 0.4) is 0 Å². The Kier molecular flexibility index (Phi) is 5.68. The first kappa shape index (κ1) is 16.6. The topological polar surface area (TPSA) is 61.8 Å². The fourth-order valence-electron chi connectivity index (χ4n) is 2.64. The van der Waals surface area contributed by atoms with Crippen molar-refractivity contribution >= 4 is 6.03 Å². The number of halogens is 2. The highest BCUT2D eigenvalue weighted by Gasteiger charge is 2.29. The van der Waals surface area contributed by atoms with E-state index in [9.17, 15) is 18.7 Å². The van der Waals surface area contributed by atoms with E-state index in [1.807, 2.05) is 0 Å². The van der Waals surface area contributed by atoms with E-state index >= 15 is 0 Å². The number of hydrogen-bond acceptors (Lipinski definition) is 3. The second-order valence-corrected chi connectivity index (χ2v) is 5.30. The molecule has 1 heterocycles. The Morgan fingerprint density at radius 3 is 2.91 bits per heavy atom. The molecule has 122 valence electrons. The van der Waals surface area contributed by atoms with Gasteiger partial charge in [0.2, 0.25) is 0 Å². The molecule has 1 fully saturated rings. The lowest BCUT2D eigenvalue weighted by atomic mass is 10.1. The number of hydrogen-bond donors (Lipinski definition) is 2. The van der Waals surface area contributed by atoms with Crippen LogP contribution in [0.2, 0.25) is 0 Å². The highest BCUT2D eigenvalue weighted by Crippen LogP contribution is 2.20. The van der Waals surface area contributed by atoms with Crippen LogP contribution >= 0.6 is 0 Å². The summed E-state index contributed by atoms with van der Waals surface area (Å²) in [6.07, 6.45) is 1.59. The zero-order valence-electron chi connectivity index (χ0n) is 12.4. The Morgan fingerprint density at radius 2 is 2.27 bits per heavy atom. The molecule has 0 saturated carbocycles. The Bertz CT molecular complexity index is 528. The smallest absolute Gasteiger partial charge is 0.318 e. The molecule has 22 heavy (non-hydrogen) atoms. The molecule has 1 aliphatic rings. The summed E-state index contributed by atoms with van der Waals surface area (Å²) in [5, 5.41) is 12.0. The Balaban J connectivity index is 2.11. The molecule has 2 amide bonds. The molecule has 2 atom stereocenters. The average Bonchev–Trinajstić information content (AvgIpc) is 2.98. The summed E-state index contributed by atoms with van der Waals surface area (Å²) in [6.45, 7) is 0.608. The first-order chi connectivity index (χ1) is 10.6. The van der Waals surface area contributed by atoms with Crippen molar-refractivity contribution in [2.45, 2.75) is 24.9 Å². The van der Waals surface area contributed by atoms with Gasteiger partial charge in [0.05, 0.1) is 25.3 Å². The van der Waals surface area contributed by atoms with Gasteiger partial charge in [-0.2, -0.15) is 0 Å². The molecule has 2 rings (SSSR count). The molecule has 5 nitrogen and oxygen atoms in total. The number of nitrogens with zero attached hydrogens (tertiary/aromatic N) is 1. The van der Waals surface area contributed by atoms with Gasteiger partial charge in [0.1, 0.15) is 0 Å². The number of aliphatic hydroxyl groups is 1. The largest absolute Gasteiger partial charge is 0.394 e. The lowest BCUT2D eigenvalue weighted by molar-refractivity contribution is 0.139. The predicted octanol–water partition coefficient (Wildman–Crippen LogP) is 1.82. The number of methoxy groups -OCH3 is 1. The van der Waals surface area contributed by atoms with E-state index in [2.05, 4.69) is 5.32 Å². The van der Waals surface area contributed by atoms with E-state index in [1.54, 1.807) is 4.90 Å². The lowest BCUT2D eigenvalue weighted by Gasteiger charge is -2.27. The maximum Gasteiger partial charge on any atom is 0.318 e. The fourth-order valence-corrected chi connectivity index (χ4v) is 2.64. The second kappa shape index (κ2) is 7.51. The van der Waals surface area contributed by atoms with Crippen LogP contribution in [0.5, 0.6) is 0 Å². The van der Waals surface area contributed by atoms with Crippen molar-refractivity contribution in [3.63, 3.8) is 0 Å². The number of urea groups is 1.